The summed E-state index contributed by atoms with van der Waals surface area (Å²) in [5.41, 5.74) is 5.37. The van der Waals surface area contributed by atoms with E-state index in [2.05, 4.69) is 5.32 Å². The zero-order valence-corrected chi connectivity index (χ0v) is 14.4. The van der Waals surface area contributed by atoms with E-state index < -0.39 is 15.6 Å². The lowest BCUT2D eigenvalue weighted by Crippen LogP contribution is -2.57. The first-order chi connectivity index (χ1) is 9.66. The fourth-order valence-electron chi connectivity index (χ4n) is 2.39. The molecule has 1 rings (SSSR count). The van der Waals surface area contributed by atoms with Gasteiger partial charge in [-0.2, -0.15) is 0 Å². The van der Waals surface area contributed by atoms with Crippen molar-refractivity contribution < 1.29 is 13.2 Å². The number of hydrogen-bond donors (Lipinski definition) is 2. The van der Waals surface area contributed by atoms with Crippen LogP contribution in [0.25, 0.3) is 0 Å². The van der Waals surface area contributed by atoms with Crippen LogP contribution < -0.4 is 11.1 Å². The Balaban J connectivity index is 2.61. The molecule has 1 atom stereocenters. The molecule has 0 spiro atoms. The smallest absolute Gasteiger partial charge is 0.223 e. The summed E-state index contributed by atoms with van der Waals surface area (Å²) in [6, 6.07) is 0. The Morgan fingerprint density at radius 1 is 1.38 bits per heavy atom. The van der Waals surface area contributed by atoms with Crippen LogP contribution in [-0.2, 0) is 14.8 Å². The van der Waals surface area contributed by atoms with Gasteiger partial charge in [0.1, 0.15) is 0 Å². The third kappa shape index (κ3) is 4.40. The van der Waals surface area contributed by atoms with Gasteiger partial charge in [0.2, 0.25) is 15.9 Å². The van der Waals surface area contributed by atoms with Crippen molar-refractivity contribution in [1.82, 2.24) is 9.62 Å². The van der Waals surface area contributed by atoms with Crippen molar-refractivity contribution in [2.24, 2.45) is 17.6 Å². The number of hydrogen-bond acceptors (Lipinski definition) is 4. The molecule has 1 amide bonds. The first-order valence-corrected chi connectivity index (χ1v) is 9.27. The minimum Gasteiger partial charge on any atom is -0.349 e. The number of nitrogens with one attached hydrogen (secondary N) is 1. The second kappa shape index (κ2) is 7.07. The number of carbonyl (C=O) groups excluding carboxylic acids is 1. The third-order valence-corrected chi connectivity index (χ3v) is 6.57. The fraction of sp³-hybridized carbons (Fsp3) is 0.929. The molecular weight excluding hydrogens is 290 g/mol. The zero-order valence-electron chi connectivity index (χ0n) is 13.6. The van der Waals surface area contributed by atoms with E-state index in [0.717, 1.165) is 0 Å². The molecule has 0 saturated carbocycles. The van der Waals surface area contributed by atoms with Gasteiger partial charge in [-0.05, 0) is 32.6 Å². The van der Waals surface area contributed by atoms with Crippen LogP contribution in [0.3, 0.4) is 0 Å². The molecule has 0 aromatic heterocycles. The first-order valence-electron chi connectivity index (χ1n) is 7.66. The van der Waals surface area contributed by atoms with Gasteiger partial charge in [-0.25, -0.2) is 12.7 Å². The lowest BCUT2D eigenvalue weighted by Gasteiger charge is -2.37. The van der Waals surface area contributed by atoms with Crippen LogP contribution in [0.5, 0.6) is 0 Å². The third-order valence-electron chi connectivity index (χ3n) is 4.69. The molecule has 0 radical (unpaired) electrons. The predicted octanol–water partition coefficient (Wildman–Crippen LogP) is 0.538. The van der Waals surface area contributed by atoms with Gasteiger partial charge in [0.15, 0.2) is 0 Å². The number of nitrogens with zero attached hydrogens (tertiary/aromatic N) is 1. The maximum Gasteiger partial charge on any atom is 0.223 e. The molecule has 1 unspecified atom stereocenters. The molecule has 124 valence electrons. The molecule has 1 heterocycles. The molecule has 0 aromatic carbocycles. The summed E-state index contributed by atoms with van der Waals surface area (Å²) in [5.74, 6) is 0.220. The molecule has 7 heteroatoms. The summed E-state index contributed by atoms with van der Waals surface area (Å²) in [5, 5.41) is 3.05. The van der Waals surface area contributed by atoms with Crippen LogP contribution in [0.4, 0.5) is 0 Å². The molecule has 1 aliphatic heterocycles. The van der Waals surface area contributed by atoms with Crippen molar-refractivity contribution in [3.05, 3.63) is 0 Å². The number of rotatable bonds is 6. The summed E-state index contributed by atoms with van der Waals surface area (Å²) in [4.78, 5) is 12.4. The van der Waals surface area contributed by atoms with Gasteiger partial charge in [0.05, 0.1) is 11.3 Å². The van der Waals surface area contributed by atoms with Crippen molar-refractivity contribution >= 4 is 15.9 Å². The van der Waals surface area contributed by atoms with E-state index in [1.165, 1.54) is 4.31 Å². The van der Waals surface area contributed by atoms with Gasteiger partial charge in [-0.1, -0.05) is 13.8 Å². The maximum absolute atomic E-state index is 12.4. The predicted molar refractivity (Wildman–Crippen MR) is 84.2 cm³/mol. The SMILES string of the molecule is CCS(=O)(=O)N1CCC(C(=O)NC(C)(CN)C(C)C)CC1. The molecule has 3 N–H and O–H groups in total. The van der Waals surface area contributed by atoms with E-state index in [-0.39, 0.29) is 23.5 Å². The normalized spacial score (nSPS) is 21.2. The quantitative estimate of drug-likeness (QED) is 0.747. The van der Waals surface area contributed by atoms with Crippen molar-refractivity contribution in [2.75, 3.05) is 25.4 Å². The molecule has 21 heavy (non-hydrogen) atoms. The highest BCUT2D eigenvalue weighted by molar-refractivity contribution is 7.89. The van der Waals surface area contributed by atoms with E-state index in [9.17, 15) is 13.2 Å². The Bertz CT molecular complexity index is 456. The van der Waals surface area contributed by atoms with E-state index in [4.69, 9.17) is 5.73 Å². The molecule has 0 aliphatic carbocycles. The molecule has 0 aromatic rings. The molecular formula is C14H29N3O3S. The highest BCUT2D eigenvalue weighted by atomic mass is 32.2. The minimum absolute atomic E-state index is 0.00908. The summed E-state index contributed by atoms with van der Waals surface area (Å²) in [7, 11) is -3.14. The van der Waals surface area contributed by atoms with E-state index in [1.54, 1.807) is 6.92 Å². The second-order valence-corrected chi connectivity index (χ2v) is 8.60. The number of amides is 1. The van der Waals surface area contributed by atoms with Crippen LogP contribution in [0.1, 0.15) is 40.5 Å². The topological polar surface area (TPSA) is 92.5 Å². The van der Waals surface area contributed by atoms with E-state index >= 15 is 0 Å². The summed E-state index contributed by atoms with van der Waals surface area (Å²) in [6.07, 6.45) is 1.15. The first kappa shape index (κ1) is 18.4. The Morgan fingerprint density at radius 3 is 2.29 bits per heavy atom. The zero-order chi connectivity index (χ0) is 16.3. The Morgan fingerprint density at radius 2 is 1.90 bits per heavy atom. The summed E-state index contributed by atoms with van der Waals surface area (Å²) in [6.45, 7) is 8.90. The van der Waals surface area contributed by atoms with Crippen molar-refractivity contribution in [3.63, 3.8) is 0 Å². The van der Waals surface area contributed by atoms with Gasteiger partial charge in [0, 0.05) is 25.6 Å². The average molecular weight is 319 g/mol. The molecule has 1 aliphatic rings. The number of piperidine rings is 1. The van der Waals surface area contributed by atoms with Crippen molar-refractivity contribution in [3.8, 4) is 0 Å². The average Bonchev–Trinajstić information content (AvgIpc) is 2.46. The molecule has 1 saturated heterocycles. The Kier molecular flexibility index (Phi) is 6.19. The minimum atomic E-state index is -3.14. The van der Waals surface area contributed by atoms with Crippen LogP contribution in [0, 0.1) is 11.8 Å². The monoisotopic (exact) mass is 319 g/mol. The largest absolute Gasteiger partial charge is 0.349 e. The van der Waals surface area contributed by atoms with E-state index in [1.807, 2.05) is 20.8 Å². The van der Waals surface area contributed by atoms with Crippen LogP contribution in [0.2, 0.25) is 0 Å². The highest BCUT2D eigenvalue weighted by Gasteiger charge is 2.34. The molecule has 1 fully saturated rings. The number of carbonyl (C=O) groups is 1. The standard InChI is InChI=1S/C14H29N3O3S/c1-5-21(19,20)17-8-6-12(7-9-17)13(18)16-14(4,10-15)11(2)3/h11-12H,5-10,15H2,1-4H3,(H,16,18). The summed E-state index contributed by atoms with van der Waals surface area (Å²) < 4.78 is 25.1. The van der Waals surface area contributed by atoms with Gasteiger partial charge in [-0.3, -0.25) is 4.79 Å². The van der Waals surface area contributed by atoms with Gasteiger partial charge < -0.3 is 11.1 Å². The van der Waals surface area contributed by atoms with E-state index in [0.29, 0.717) is 32.5 Å². The number of sulfonamides is 1. The van der Waals surface area contributed by atoms with Gasteiger partial charge in [-0.15, -0.1) is 0 Å². The maximum atomic E-state index is 12.4. The van der Waals surface area contributed by atoms with Crippen LogP contribution in [-0.4, -0.2) is 49.6 Å². The highest BCUT2D eigenvalue weighted by Crippen LogP contribution is 2.22. The molecule has 6 nitrogen and oxygen atoms in total. The Labute approximate surface area is 128 Å². The molecule has 0 bridgehead atoms. The van der Waals surface area contributed by atoms with Crippen LogP contribution in [0.15, 0.2) is 0 Å². The van der Waals surface area contributed by atoms with Crippen molar-refractivity contribution in [1.29, 1.82) is 0 Å². The fourth-order valence-corrected chi connectivity index (χ4v) is 3.53. The van der Waals surface area contributed by atoms with Crippen LogP contribution >= 0.6 is 0 Å². The summed E-state index contributed by atoms with van der Waals surface area (Å²) >= 11 is 0. The Hall–Kier alpha value is -0.660. The lowest BCUT2D eigenvalue weighted by molar-refractivity contribution is -0.128. The number of nitrogens with two attached hydrogens (primary N) is 1. The van der Waals surface area contributed by atoms with Crippen molar-refractivity contribution in [2.45, 2.75) is 46.1 Å². The van der Waals surface area contributed by atoms with Gasteiger partial charge >= 0.3 is 0 Å². The lowest BCUT2D eigenvalue weighted by atomic mass is 9.87. The second-order valence-electron chi connectivity index (χ2n) is 6.34. The van der Waals surface area contributed by atoms with Gasteiger partial charge in [0.25, 0.3) is 0 Å².